The van der Waals surface area contributed by atoms with Crippen molar-refractivity contribution >= 4 is 17.2 Å². The Labute approximate surface area is 150 Å². The summed E-state index contributed by atoms with van der Waals surface area (Å²) < 4.78 is 1.95. The third-order valence-corrected chi connectivity index (χ3v) is 4.68. The highest BCUT2D eigenvalue weighted by molar-refractivity contribution is 7.07. The highest BCUT2D eigenvalue weighted by atomic mass is 32.1. The first-order valence-electron chi connectivity index (χ1n) is 7.91. The monoisotopic (exact) mass is 350 g/mol. The van der Waals surface area contributed by atoms with E-state index in [-0.39, 0.29) is 11.9 Å². The number of aromatic nitrogens is 2. The van der Waals surface area contributed by atoms with Gasteiger partial charge in [0, 0.05) is 17.8 Å². The van der Waals surface area contributed by atoms with E-state index in [1.807, 2.05) is 36.0 Å². The summed E-state index contributed by atoms with van der Waals surface area (Å²) in [6.07, 6.45) is 0. The van der Waals surface area contributed by atoms with Gasteiger partial charge in [-0.3, -0.25) is 9.48 Å². The van der Waals surface area contributed by atoms with Crippen LogP contribution in [0.15, 0.2) is 47.2 Å². The third kappa shape index (κ3) is 3.78. The van der Waals surface area contributed by atoms with Crippen molar-refractivity contribution in [2.24, 2.45) is 0 Å². The number of nitriles is 1. The number of nitrogens with one attached hydrogen (secondary N) is 1. The second-order valence-electron chi connectivity index (χ2n) is 5.85. The summed E-state index contributed by atoms with van der Waals surface area (Å²) >= 11 is 1.62. The molecule has 1 N–H and O–H groups in total. The average molecular weight is 350 g/mol. The van der Waals surface area contributed by atoms with Gasteiger partial charge in [-0.1, -0.05) is 6.07 Å². The van der Waals surface area contributed by atoms with Crippen LogP contribution in [0.3, 0.4) is 0 Å². The number of hydrogen-bond donors (Lipinski definition) is 1. The highest BCUT2D eigenvalue weighted by Crippen LogP contribution is 2.22. The van der Waals surface area contributed by atoms with Crippen molar-refractivity contribution in [2.75, 3.05) is 6.54 Å². The van der Waals surface area contributed by atoms with Gasteiger partial charge in [0.2, 0.25) is 0 Å². The Hall–Kier alpha value is -2.91. The Bertz CT molecular complexity index is 921. The van der Waals surface area contributed by atoms with Gasteiger partial charge in [0.1, 0.15) is 0 Å². The molecule has 1 amide bonds. The molecule has 0 aliphatic carbocycles. The molecule has 1 aromatic carbocycles. The van der Waals surface area contributed by atoms with Crippen LogP contribution in [0, 0.1) is 25.2 Å². The molecule has 0 radical (unpaired) electrons. The zero-order chi connectivity index (χ0) is 17.8. The van der Waals surface area contributed by atoms with Gasteiger partial charge in [0.15, 0.2) is 0 Å². The van der Waals surface area contributed by atoms with E-state index in [0.717, 1.165) is 17.0 Å². The number of benzene rings is 1. The van der Waals surface area contributed by atoms with E-state index < -0.39 is 0 Å². The predicted octanol–water partition coefficient (Wildman–Crippen LogP) is 3.45. The van der Waals surface area contributed by atoms with Gasteiger partial charge in [0.25, 0.3) is 5.91 Å². The van der Waals surface area contributed by atoms with Crippen molar-refractivity contribution < 1.29 is 4.79 Å². The number of hydrogen-bond acceptors (Lipinski definition) is 4. The molecular weight excluding hydrogens is 332 g/mol. The van der Waals surface area contributed by atoms with Crippen molar-refractivity contribution in [3.8, 4) is 6.07 Å². The lowest BCUT2D eigenvalue weighted by Gasteiger charge is -2.19. The minimum Gasteiger partial charge on any atom is -0.350 e. The molecule has 2 aromatic heterocycles. The molecule has 3 rings (SSSR count). The lowest BCUT2D eigenvalue weighted by atomic mass is 10.1. The van der Waals surface area contributed by atoms with Crippen LogP contribution in [0.2, 0.25) is 0 Å². The zero-order valence-electron chi connectivity index (χ0n) is 14.1. The third-order valence-electron chi connectivity index (χ3n) is 3.98. The van der Waals surface area contributed by atoms with Crippen LogP contribution in [0.1, 0.15) is 38.9 Å². The summed E-state index contributed by atoms with van der Waals surface area (Å²) in [5.74, 6) is -0.195. The van der Waals surface area contributed by atoms with E-state index in [0.29, 0.717) is 17.7 Å². The van der Waals surface area contributed by atoms with Gasteiger partial charge in [-0.2, -0.15) is 21.7 Å². The summed E-state index contributed by atoms with van der Waals surface area (Å²) in [4.78, 5) is 12.5. The topological polar surface area (TPSA) is 70.7 Å². The lowest BCUT2D eigenvalue weighted by Crippen LogP contribution is -2.32. The minimum atomic E-state index is -0.195. The Morgan fingerprint density at radius 3 is 2.84 bits per heavy atom. The van der Waals surface area contributed by atoms with E-state index in [2.05, 4.69) is 21.9 Å². The van der Waals surface area contributed by atoms with Crippen LogP contribution in [0.25, 0.3) is 0 Å². The van der Waals surface area contributed by atoms with Gasteiger partial charge >= 0.3 is 0 Å². The zero-order valence-corrected chi connectivity index (χ0v) is 14.9. The molecule has 0 saturated heterocycles. The Kier molecular flexibility index (Phi) is 4.96. The Morgan fingerprint density at radius 2 is 2.20 bits per heavy atom. The maximum Gasteiger partial charge on any atom is 0.251 e. The summed E-state index contributed by atoms with van der Waals surface area (Å²) in [5, 5.41) is 20.6. The van der Waals surface area contributed by atoms with Crippen LogP contribution in [0.5, 0.6) is 0 Å². The van der Waals surface area contributed by atoms with Crippen LogP contribution < -0.4 is 5.32 Å². The lowest BCUT2D eigenvalue weighted by molar-refractivity contribution is 0.0949. The Balaban J connectivity index is 1.81. The molecule has 25 heavy (non-hydrogen) atoms. The standard InChI is InChI=1S/C19H18N4OS/c1-13-8-14(2)23(22-13)18(17-6-7-25-12-17)11-21-19(24)16-5-3-4-15(9-16)10-20/h3-9,12,18H,11H2,1-2H3,(H,21,24)/t18-/m1/s1. The largest absolute Gasteiger partial charge is 0.350 e. The molecule has 3 aromatic rings. The van der Waals surface area contributed by atoms with Crippen LogP contribution in [-0.2, 0) is 0 Å². The van der Waals surface area contributed by atoms with Gasteiger partial charge in [-0.25, -0.2) is 0 Å². The number of amides is 1. The van der Waals surface area contributed by atoms with Crippen molar-refractivity contribution in [3.63, 3.8) is 0 Å². The van der Waals surface area contributed by atoms with Gasteiger partial charge in [-0.15, -0.1) is 0 Å². The SMILES string of the molecule is Cc1cc(C)n([C@H](CNC(=O)c2cccc(C#N)c2)c2ccsc2)n1. The normalized spacial score (nSPS) is 11.7. The molecule has 0 saturated carbocycles. The second kappa shape index (κ2) is 7.32. The van der Waals surface area contributed by atoms with E-state index in [4.69, 9.17) is 5.26 Å². The quantitative estimate of drug-likeness (QED) is 0.766. The van der Waals surface area contributed by atoms with Crippen molar-refractivity contribution in [1.82, 2.24) is 15.1 Å². The summed E-state index contributed by atoms with van der Waals surface area (Å²) in [6, 6.07) is 12.8. The predicted molar refractivity (Wildman–Crippen MR) is 97.6 cm³/mol. The molecule has 5 nitrogen and oxygen atoms in total. The van der Waals surface area contributed by atoms with Gasteiger partial charge in [-0.05, 0) is 60.5 Å². The molecule has 0 aliphatic rings. The maximum absolute atomic E-state index is 12.5. The average Bonchev–Trinajstić information content (AvgIpc) is 3.25. The fourth-order valence-electron chi connectivity index (χ4n) is 2.79. The first-order valence-corrected chi connectivity index (χ1v) is 8.86. The minimum absolute atomic E-state index is 0.0666. The highest BCUT2D eigenvalue weighted by Gasteiger charge is 2.19. The van der Waals surface area contributed by atoms with Crippen LogP contribution >= 0.6 is 11.3 Å². The van der Waals surface area contributed by atoms with Crippen LogP contribution in [-0.4, -0.2) is 22.2 Å². The number of aryl methyl sites for hydroxylation is 2. The molecule has 0 spiro atoms. The van der Waals surface area contributed by atoms with Crippen LogP contribution in [0.4, 0.5) is 0 Å². The molecule has 0 fully saturated rings. The molecule has 0 unspecified atom stereocenters. The van der Waals surface area contributed by atoms with Crippen molar-refractivity contribution in [3.05, 3.63) is 75.2 Å². The van der Waals surface area contributed by atoms with E-state index >= 15 is 0 Å². The molecule has 2 heterocycles. The molecule has 1 atom stereocenters. The first kappa shape index (κ1) is 16.9. The Morgan fingerprint density at radius 1 is 1.36 bits per heavy atom. The summed E-state index contributed by atoms with van der Waals surface area (Å²) in [7, 11) is 0. The number of thiophene rings is 1. The van der Waals surface area contributed by atoms with E-state index in [1.165, 1.54) is 0 Å². The number of rotatable bonds is 5. The smallest absolute Gasteiger partial charge is 0.251 e. The van der Waals surface area contributed by atoms with E-state index in [1.54, 1.807) is 35.6 Å². The summed E-state index contributed by atoms with van der Waals surface area (Å²) in [5.41, 5.74) is 4.07. The fourth-order valence-corrected chi connectivity index (χ4v) is 3.50. The van der Waals surface area contributed by atoms with Crippen molar-refractivity contribution in [1.29, 1.82) is 5.26 Å². The molecule has 0 bridgehead atoms. The van der Waals surface area contributed by atoms with Crippen molar-refractivity contribution in [2.45, 2.75) is 19.9 Å². The first-order chi connectivity index (χ1) is 12.1. The maximum atomic E-state index is 12.5. The number of carbonyl (C=O) groups is 1. The molecule has 6 heteroatoms. The molecular formula is C19H18N4OS. The fraction of sp³-hybridized carbons (Fsp3) is 0.211. The van der Waals surface area contributed by atoms with E-state index in [9.17, 15) is 4.79 Å². The second-order valence-corrected chi connectivity index (χ2v) is 6.63. The summed E-state index contributed by atoms with van der Waals surface area (Å²) in [6.45, 7) is 4.39. The molecule has 0 aliphatic heterocycles. The van der Waals surface area contributed by atoms with Gasteiger partial charge < -0.3 is 5.32 Å². The number of nitrogens with zero attached hydrogens (tertiary/aromatic N) is 3. The van der Waals surface area contributed by atoms with Gasteiger partial charge in [0.05, 0.1) is 23.4 Å². The molecule has 126 valence electrons. The number of carbonyl (C=O) groups excluding carboxylic acids is 1.